The molecule has 0 aliphatic rings. The number of nitrogens with one attached hydrogen (secondary N) is 1. The third-order valence-electron chi connectivity index (χ3n) is 1.93. The summed E-state index contributed by atoms with van der Waals surface area (Å²) < 4.78 is 0. The van der Waals surface area contributed by atoms with Gasteiger partial charge in [0.25, 0.3) is 0 Å². The summed E-state index contributed by atoms with van der Waals surface area (Å²) in [6.45, 7) is 3.62. The molecule has 0 radical (unpaired) electrons. The van der Waals surface area contributed by atoms with E-state index in [9.17, 15) is 4.79 Å². The van der Waals surface area contributed by atoms with E-state index in [1.54, 1.807) is 6.92 Å². The third kappa shape index (κ3) is 1.83. The van der Waals surface area contributed by atoms with Gasteiger partial charge in [-0.1, -0.05) is 6.07 Å². The van der Waals surface area contributed by atoms with Crippen LogP contribution in [0.15, 0.2) is 18.2 Å². The van der Waals surface area contributed by atoms with Crippen LogP contribution in [0.25, 0.3) is 11.0 Å². The Balaban J connectivity index is 2.46. The van der Waals surface area contributed by atoms with E-state index in [-0.39, 0.29) is 14.1 Å². The van der Waals surface area contributed by atoms with E-state index in [2.05, 4.69) is 9.97 Å². The molecule has 0 fully saturated rings. The highest BCUT2D eigenvalue weighted by Crippen LogP contribution is 2.15. The van der Waals surface area contributed by atoms with E-state index in [0.717, 1.165) is 16.6 Å². The fraction of sp³-hybridized carbons (Fsp3) is 0.200. The molecular formula is C10H11N2OP. The molecule has 1 unspecified atom stereocenters. The Morgan fingerprint density at radius 2 is 2.29 bits per heavy atom. The van der Waals surface area contributed by atoms with Crippen molar-refractivity contribution in [3.05, 3.63) is 23.8 Å². The number of carbonyl (C=O) groups is 1. The maximum atomic E-state index is 10.9. The lowest BCUT2D eigenvalue weighted by atomic mass is 10.2. The Morgan fingerprint density at radius 3 is 3.00 bits per heavy atom. The maximum Gasteiger partial charge on any atom is 0.155 e. The van der Waals surface area contributed by atoms with Crippen molar-refractivity contribution < 1.29 is 4.79 Å². The summed E-state index contributed by atoms with van der Waals surface area (Å²) in [6, 6.07) is 6.02. The van der Waals surface area contributed by atoms with Crippen LogP contribution in [0.1, 0.15) is 12.5 Å². The van der Waals surface area contributed by atoms with Crippen LogP contribution in [-0.4, -0.2) is 15.5 Å². The minimum absolute atomic E-state index is 0.135. The van der Waals surface area contributed by atoms with Crippen LogP contribution >= 0.6 is 8.58 Å². The minimum atomic E-state index is 0.135. The highest BCUT2D eigenvalue weighted by molar-refractivity contribution is 7.64. The van der Waals surface area contributed by atoms with Crippen molar-refractivity contribution in [3.63, 3.8) is 0 Å². The van der Waals surface area contributed by atoms with E-state index >= 15 is 0 Å². The van der Waals surface area contributed by atoms with E-state index in [1.165, 1.54) is 5.56 Å². The summed E-state index contributed by atoms with van der Waals surface area (Å²) in [6.07, 6.45) is 0. The first-order valence-corrected chi connectivity index (χ1v) is 5.39. The number of fused-ring (bicyclic) bond motifs is 1. The van der Waals surface area contributed by atoms with Crippen molar-refractivity contribution in [2.75, 3.05) is 0 Å². The van der Waals surface area contributed by atoms with Crippen LogP contribution in [-0.2, 0) is 4.79 Å². The van der Waals surface area contributed by atoms with Crippen LogP contribution in [0.5, 0.6) is 0 Å². The molecule has 0 aliphatic carbocycles. The molecule has 1 aromatic heterocycles. The highest BCUT2D eigenvalue weighted by Gasteiger charge is 2.04. The first-order valence-electron chi connectivity index (χ1n) is 4.39. The Morgan fingerprint density at radius 1 is 1.50 bits per heavy atom. The molecule has 4 heteroatoms. The van der Waals surface area contributed by atoms with E-state index in [4.69, 9.17) is 0 Å². The number of hydrogen-bond acceptors (Lipinski definition) is 2. The maximum absolute atomic E-state index is 10.9. The van der Waals surface area contributed by atoms with E-state index < -0.39 is 0 Å². The van der Waals surface area contributed by atoms with Crippen molar-refractivity contribution in [1.29, 1.82) is 0 Å². The fourth-order valence-corrected chi connectivity index (χ4v) is 2.06. The summed E-state index contributed by atoms with van der Waals surface area (Å²) in [5.41, 5.74) is 4.06. The number of hydrogen-bond donors (Lipinski definition) is 1. The first-order chi connectivity index (χ1) is 6.65. The lowest BCUT2D eigenvalue weighted by Crippen LogP contribution is -2.01. The molecule has 0 aliphatic heterocycles. The van der Waals surface area contributed by atoms with Gasteiger partial charge in [0.2, 0.25) is 0 Å². The van der Waals surface area contributed by atoms with Gasteiger partial charge in [0, 0.05) is 8.58 Å². The second-order valence-electron chi connectivity index (χ2n) is 3.29. The summed E-state index contributed by atoms with van der Waals surface area (Å²) in [5.74, 6) is 0. The first kappa shape index (κ1) is 9.35. The van der Waals surface area contributed by atoms with Gasteiger partial charge >= 0.3 is 0 Å². The van der Waals surface area contributed by atoms with E-state index in [0.29, 0.717) is 0 Å². The van der Waals surface area contributed by atoms with Gasteiger partial charge in [-0.15, -0.1) is 0 Å². The van der Waals surface area contributed by atoms with E-state index in [1.807, 2.05) is 25.1 Å². The quantitative estimate of drug-likeness (QED) is 0.760. The normalized spacial score (nSPS) is 11.6. The number of H-pyrrole nitrogens is 1. The molecule has 0 saturated carbocycles. The number of aromatic nitrogens is 2. The van der Waals surface area contributed by atoms with Gasteiger partial charge < -0.3 is 4.98 Å². The van der Waals surface area contributed by atoms with Crippen LogP contribution < -0.4 is 5.57 Å². The highest BCUT2D eigenvalue weighted by atomic mass is 31.1. The molecule has 14 heavy (non-hydrogen) atoms. The lowest BCUT2D eigenvalue weighted by Gasteiger charge is -1.89. The Kier molecular flexibility index (Phi) is 2.34. The van der Waals surface area contributed by atoms with Gasteiger partial charge in [0.15, 0.2) is 5.52 Å². The Hall–Kier alpha value is -1.21. The topological polar surface area (TPSA) is 45.8 Å². The lowest BCUT2D eigenvalue weighted by molar-refractivity contribution is -0.109. The van der Waals surface area contributed by atoms with Crippen molar-refractivity contribution in [1.82, 2.24) is 9.97 Å². The number of benzene rings is 1. The molecule has 0 spiro atoms. The van der Waals surface area contributed by atoms with Crippen LogP contribution in [0.4, 0.5) is 0 Å². The second kappa shape index (κ2) is 3.50. The average Bonchev–Trinajstić information content (AvgIpc) is 2.44. The van der Waals surface area contributed by atoms with Crippen LogP contribution in [0.3, 0.4) is 0 Å². The van der Waals surface area contributed by atoms with Gasteiger partial charge in [-0.05, 0) is 31.5 Å². The van der Waals surface area contributed by atoms with Crippen molar-refractivity contribution in [2.24, 2.45) is 0 Å². The monoisotopic (exact) mass is 206 g/mol. The largest absolute Gasteiger partial charge is 0.338 e. The number of nitrogens with zero attached hydrogens (tertiary/aromatic N) is 1. The number of carbonyl (C=O) groups excluding carboxylic acids is 1. The smallest absolute Gasteiger partial charge is 0.155 e. The van der Waals surface area contributed by atoms with Crippen LogP contribution in [0.2, 0.25) is 0 Å². The molecule has 1 atom stereocenters. The molecule has 2 rings (SSSR count). The molecule has 0 amide bonds. The molecule has 1 heterocycles. The summed E-state index contributed by atoms with van der Waals surface area (Å²) in [4.78, 5) is 18.4. The number of rotatable bonds is 2. The van der Waals surface area contributed by atoms with Gasteiger partial charge in [0.1, 0.15) is 5.57 Å². The molecule has 1 N–H and O–H groups in total. The number of aromatic amines is 1. The van der Waals surface area contributed by atoms with Gasteiger partial charge in [0.05, 0.1) is 11.0 Å². The van der Waals surface area contributed by atoms with Gasteiger partial charge in [-0.3, -0.25) is 4.79 Å². The van der Waals surface area contributed by atoms with Crippen LogP contribution in [0, 0.1) is 6.92 Å². The molecule has 2 aromatic rings. The third-order valence-corrected chi connectivity index (χ3v) is 2.76. The predicted octanol–water partition coefficient (Wildman–Crippen LogP) is 1.72. The molecule has 0 bridgehead atoms. The number of aryl methyl sites for hydroxylation is 1. The van der Waals surface area contributed by atoms with Crippen molar-refractivity contribution in [3.8, 4) is 0 Å². The standard InChI is InChI=1S/C10H11N2OP/c1-6-3-4-8-9(5-6)12-10(11-8)14-7(2)13/h3-5,14H,1-2H3,(H,11,12). The molecule has 72 valence electrons. The average molecular weight is 206 g/mol. The summed E-state index contributed by atoms with van der Waals surface area (Å²) in [7, 11) is 0.135. The zero-order chi connectivity index (χ0) is 10.1. The SMILES string of the molecule is CC(=O)Pc1nc2ccc(C)cc2[nH]1. The predicted molar refractivity (Wildman–Crippen MR) is 59.5 cm³/mol. The van der Waals surface area contributed by atoms with Crippen molar-refractivity contribution in [2.45, 2.75) is 13.8 Å². The second-order valence-corrected chi connectivity index (χ2v) is 4.71. The molecule has 3 nitrogen and oxygen atoms in total. The molecule has 0 saturated heterocycles. The number of imidazole rings is 1. The molecule has 1 aromatic carbocycles. The van der Waals surface area contributed by atoms with Gasteiger partial charge in [-0.25, -0.2) is 4.98 Å². The Bertz CT molecular complexity index is 490. The van der Waals surface area contributed by atoms with Crippen molar-refractivity contribution >= 4 is 30.7 Å². The van der Waals surface area contributed by atoms with Gasteiger partial charge in [-0.2, -0.15) is 0 Å². The fourth-order valence-electron chi connectivity index (χ4n) is 1.35. The summed E-state index contributed by atoms with van der Waals surface area (Å²) >= 11 is 0. The zero-order valence-corrected chi connectivity index (χ0v) is 9.09. The summed E-state index contributed by atoms with van der Waals surface area (Å²) in [5, 5.41) is 0. The zero-order valence-electron chi connectivity index (χ0n) is 8.09. The molecular weight excluding hydrogens is 195 g/mol. The minimum Gasteiger partial charge on any atom is -0.338 e. The Labute approximate surface area is 83.7 Å².